The predicted octanol–water partition coefficient (Wildman–Crippen LogP) is 3.14. The SMILES string of the molecule is CN1CCN(c2ccccc2CNC(=O)c2n[nH]c3cc(OC(F)(F)F)ccc23)CC1. The maximum atomic E-state index is 12.7. The Kier molecular flexibility index (Phi) is 5.73. The second kappa shape index (κ2) is 8.46. The number of aromatic nitrogens is 2. The molecule has 1 amide bonds. The van der Waals surface area contributed by atoms with Crippen molar-refractivity contribution in [3.63, 3.8) is 0 Å². The highest BCUT2D eigenvalue weighted by Gasteiger charge is 2.31. The van der Waals surface area contributed by atoms with E-state index in [0.29, 0.717) is 11.9 Å². The fraction of sp³-hybridized carbons (Fsp3) is 0.333. The molecule has 0 unspecified atom stereocenters. The lowest BCUT2D eigenvalue weighted by atomic mass is 10.1. The van der Waals surface area contributed by atoms with Crippen molar-refractivity contribution in [2.45, 2.75) is 12.9 Å². The molecule has 1 aliphatic heterocycles. The van der Waals surface area contributed by atoms with Crippen LogP contribution in [0.1, 0.15) is 16.1 Å². The number of piperazine rings is 1. The summed E-state index contributed by atoms with van der Waals surface area (Å²) in [6.45, 7) is 4.08. The van der Waals surface area contributed by atoms with Gasteiger partial charge in [0.15, 0.2) is 5.69 Å². The van der Waals surface area contributed by atoms with Crippen molar-refractivity contribution in [2.75, 3.05) is 38.1 Å². The number of H-pyrrole nitrogens is 1. The second-order valence-corrected chi connectivity index (χ2v) is 7.43. The maximum absolute atomic E-state index is 12.7. The van der Waals surface area contributed by atoms with Crippen molar-refractivity contribution in [3.8, 4) is 5.75 Å². The second-order valence-electron chi connectivity index (χ2n) is 7.43. The third-order valence-electron chi connectivity index (χ3n) is 5.26. The molecular formula is C21H22F3N5O2. The van der Waals surface area contributed by atoms with Crippen molar-refractivity contribution < 1.29 is 22.7 Å². The summed E-state index contributed by atoms with van der Waals surface area (Å²) in [5.74, 6) is -0.791. The van der Waals surface area contributed by atoms with Crippen LogP contribution < -0.4 is 15.0 Å². The third kappa shape index (κ3) is 4.91. The summed E-state index contributed by atoms with van der Waals surface area (Å²) < 4.78 is 41.1. The average molecular weight is 433 g/mol. The fourth-order valence-electron chi connectivity index (χ4n) is 3.64. The number of hydrogen-bond acceptors (Lipinski definition) is 5. The molecular weight excluding hydrogens is 411 g/mol. The summed E-state index contributed by atoms with van der Waals surface area (Å²) >= 11 is 0. The summed E-state index contributed by atoms with van der Waals surface area (Å²) in [6.07, 6.45) is -4.79. The number of likely N-dealkylation sites (N-methyl/N-ethyl adjacent to an activating group) is 1. The highest BCUT2D eigenvalue weighted by Crippen LogP contribution is 2.27. The van der Waals surface area contributed by atoms with Gasteiger partial charge in [-0.25, -0.2) is 0 Å². The van der Waals surface area contributed by atoms with Crippen LogP contribution in [0, 0.1) is 0 Å². The molecule has 1 saturated heterocycles. The summed E-state index contributed by atoms with van der Waals surface area (Å²) in [6, 6.07) is 11.6. The third-order valence-corrected chi connectivity index (χ3v) is 5.26. The molecule has 31 heavy (non-hydrogen) atoms. The van der Waals surface area contributed by atoms with Crippen LogP contribution in [0.4, 0.5) is 18.9 Å². The molecule has 0 spiro atoms. The molecule has 0 aliphatic carbocycles. The number of benzene rings is 2. The van der Waals surface area contributed by atoms with Crippen molar-refractivity contribution in [2.24, 2.45) is 0 Å². The first kappa shape index (κ1) is 21.0. The minimum atomic E-state index is -4.79. The van der Waals surface area contributed by atoms with Crippen molar-refractivity contribution >= 4 is 22.5 Å². The lowest BCUT2D eigenvalue weighted by molar-refractivity contribution is -0.274. The molecule has 2 N–H and O–H groups in total. The molecule has 7 nitrogen and oxygen atoms in total. The Hall–Kier alpha value is -3.27. The van der Waals surface area contributed by atoms with Crippen LogP contribution in [0.5, 0.6) is 5.75 Å². The van der Waals surface area contributed by atoms with Gasteiger partial charge in [-0.15, -0.1) is 13.2 Å². The molecule has 0 atom stereocenters. The molecule has 3 aromatic rings. The number of anilines is 1. The molecule has 2 heterocycles. The number of rotatable bonds is 5. The average Bonchev–Trinajstić information content (AvgIpc) is 3.15. The van der Waals surface area contributed by atoms with E-state index in [1.165, 1.54) is 6.07 Å². The number of hydrogen-bond donors (Lipinski definition) is 2. The topological polar surface area (TPSA) is 73.5 Å². The summed E-state index contributed by atoms with van der Waals surface area (Å²) in [7, 11) is 2.09. The van der Waals surface area contributed by atoms with Crippen LogP contribution in [-0.4, -0.2) is 60.6 Å². The maximum Gasteiger partial charge on any atom is 0.573 e. The number of para-hydroxylation sites is 1. The first-order chi connectivity index (χ1) is 14.8. The molecule has 164 valence electrons. The van der Waals surface area contributed by atoms with E-state index in [4.69, 9.17) is 0 Å². The van der Waals surface area contributed by atoms with E-state index in [1.54, 1.807) is 0 Å². The number of halogens is 3. The van der Waals surface area contributed by atoms with Crippen LogP contribution in [-0.2, 0) is 6.54 Å². The molecule has 2 aromatic carbocycles. The van der Waals surface area contributed by atoms with E-state index in [0.717, 1.165) is 49.6 Å². The number of nitrogens with one attached hydrogen (secondary N) is 2. The van der Waals surface area contributed by atoms with Gasteiger partial charge in [0, 0.05) is 49.9 Å². The van der Waals surface area contributed by atoms with Gasteiger partial charge >= 0.3 is 6.36 Å². The number of amides is 1. The van der Waals surface area contributed by atoms with Gasteiger partial charge in [-0.3, -0.25) is 9.89 Å². The first-order valence-corrected chi connectivity index (χ1v) is 9.83. The molecule has 0 saturated carbocycles. The van der Waals surface area contributed by atoms with Gasteiger partial charge < -0.3 is 19.9 Å². The zero-order chi connectivity index (χ0) is 22.0. The number of alkyl halides is 3. The van der Waals surface area contributed by atoms with E-state index in [9.17, 15) is 18.0 Å². The van der Waals surface area contributed by atoms with Crippen LogP contribution in [0.25, 0.3) is 10.9 Å². The van der Waals surface area contributed by atoms with Gasteiger partial charge in [0.25, 0.3) is 5.91 Å². The molecule has 4 rings (SSSR count). The molecule has 10 heteroatoms. The van der Waals surface area contributed by atoms with Gasteiger partial charge in [0.05, 0.1) is 5.52 Å². The van der Waals surface area contributed by atoms with Gasteiger partial charge in [-0.05, 0) is 30.8 Å². The van der Waals surface area contributed by atoms with Gasteiger partial charge in [-0.1, -0.05) is 18.2 Å². The molecule has 1 aromatic heterocycles. The number of carbonyl (C=O) groups is 1. The number of nitrogens with zero attached hydrogens (tertiary/aromatic N) is 3. The van der Waals surface area contributed by atoms with Crippen LogP contribution in [0.15, 0.2) is 42.5 Å². The number of ether oxygens (including phenoxy) is 1. The van der Waals surface area contributed by atoms with Crippen molar-refractivity contribution in [1.29, 1.82) is 0 Å². The Morgan fingerprint density at radius 1 is 1.16 bits per heavy atom. The molecule has 1 fully saturated rings. The van der Waals surface area contributed by atoms with Crippen molar-refractivity contribution in [1.82, 2.24) is 20.4 Å². The smallest absolute Gasteiger partial charge is 0.406 e. The van der Waals surface area contributed by atoms with E-state index in [2.05, 4.69) is 37.1 Å². The standard InChI is InChI=1S/C21H22F3N5O2/c1-28-8-10-29(11-9-28)18-5-3-2-4-14(18)13-25-20(30)19-16-7-6-15(31-21(22,23)24)12-17(16)26-27-19/h2-7,12H,8-11,13H2,1H3,(H,25,30)(H,26,27). The van der Waals surface area contributed by atoms with Crippen LogP contribution in [0.3, 0.4) is 0 Å². The van der Waals surface area contributed by atoms with Crippen molar-refractivity contribution in [3.05, 3.63) is 53.7 Å². The van der Waals surface area contributed by atoms with Gasteiger partial charge in [0.2, 0.25) is 0 Å². The molecule has 1 aliphatic rings. The Bertz CT molecular complexity index is 1070. The van der Waals surface area contributed by atoms with E-state index >= 15 is 0 Å². The van der Waals surface area contributed by atoms with Crippen LogP contribution >= 0.6 is 0 Å². The minimum absolute atomic E-state index is 0.116. The Morgan fingerprint density at radius 2 is 1.90 bits per heavy atom. The Balaban J connectivity index is 1.47. The van der Waals surface area contributed by atoms with E-state index in [-0.39, 0.29) is 17.0 Å². The Labute approximate surface area is 176 Å². The highest BCUT2D eigenvalue weighted by molar-refractivity contribution is 6.04. The van der Waals surface area contributed by atoms with Crippen LogP contribution in [0.2, 0.25) is 0 Å². The number of aromatic amines is 1. The zero-order valence-electron chi connectivity index (χ0n) is 16.9. The molecule has 0 radical (unpaired) electrons. The lowest BCUT2D eigenvalue weighted by Gasteiger charge is -2.35. The largest absolute Gasteiger partial charge is 0.573 e. The highest BCUT2D eigenvalue weighted by atomic mass is 19.4. The number of fused-ring (bicyclic) bond motifs is 1. The monoisotopic (exact) mass is 433 g/mol. The summed E-state index contributed by atoms with van der Waals surface area (Å²) in [5, 5.41) is 9.85. The minimum Gasteiger partial charge on any atom is -0.406 e. The fourth-order valence-corrected chi connectivity index (χ4v) is 3.64. The first-order valence-electron chi connectivity index (χ1n) is 9.83. The lowest BCUT2D eigenvalue weighted by Crippen LogP contribution is -2.45. The summed E-state index contributed by atoms with van der Waals surface area (Å²) in [4.78, 5) is 17.3. The van der Waals surface area contributed by atoms with Gasteiger partial charge in [0.1, 0.15) is 5.75 Å². The number of carbonyl (C=O) groups excluding carboxylic acids is 1. The summed E-state index contributed by atoms with van der Waals surface area (Å²) in [5.41, 5.74) is 2.47. The zero-order valence-corrected chi connectivity index (χ0v) is 16.9. The molecule has 0 bridgehead atoms. The van der Waals surface area contributed by atoms with Gasteiger partial charge in [-0.2, -0.15) is 5.10 Å². The Morgan fingerprint density at radius 3 is 2.65 bits per heavy atom. The van der Waals surface area contributed by atoms with E-state index < -0.39 is 12.3 Å². The van der Waals surface area contributed by atoms with E-state index in [1.807, 2.05) is 24.3 Å². The quantitative estimate of drug-likeness (QED) is 0.647. The predicted molar refractivity (Wildman–Crippen MR) is 110 cm³/mol. The normalized spacial score (nSPS) is 15.3.